The molecule has 0 bridgehead atoms. The van der Waals surface area contributed by atoms with E-state index in [1.807, 2.05) is 4.68 Å². The highest BCUT2D eigenvalue weighted by Crippen LogP contribution is 2.03. The van der Waals surface area contributed by atoms with Crippen LogP contribution in [0.5, 0.6) is 0 Å². The third-order valence-electron chi connectivity index (χ3n) is 2.17. The van der Waals surface area contributed by atoms with E-state index in [9.17, 15) is 0 Å². The summed E-state index contributed by atoms with van der Waals surface area (Å²) in [5, 5.41) is 8.19. The molecule has 3 nitrogen and oxygen atoms in total. The highest BCUT2D eigenvalue weighted by Gasteiger charge is 1.99. The number of unbranched alkanes of at least 4 members (excludes halogenated alkanes) is 2. The van der Waals surface area contributed by atoms with Crippen LogP contribution in [0.3, 0.4) is 0 Å². The van der Waals surface area contributed by atoms with E-state index in [0.717, 1.165) is 30.8 Å². The SMILES string of the molecule is CCCCCc1cn(CCCS)nn1. The zero-order valence-electron chi connectivity index (χ0n) is 8.82. The predicted molar refractivity (Wildman–Crippen MR) is 61.7 cm³/mol. The molecule has 0 saturated carbocycles. The first-order chi connectivity index (χ1) is 6.86. The largest absolute Gasteiger partial charge is 0.252 e. The molecule has 4 heteroatoms. The lowest BCUT2D eigenvalue weighted by atomic mass is 10.2. The summed E-state index contributed by atoms with van der Waals surface area (Å²) in [7, 11) is 0. The second kappa shape index (κ2) is 6.87. The molecular formula is C10H19N3S. The van der Waals surface area contributed by atoms with Gasteiger partial charge in [-0.05, 0) is 25.0 Å². The van der Waals surface area contributed by atoms with Gasteiger partial charge in [-0.15, -0.1) is 5.10 Å². The minimum absolute atomic E-state index is 0.908. The molecule has 80 valence electrons. The summed E-state index contributed by atoms with van der Waals surface area (Å²) in [5.41, 5.74) is 1.12. The van der Waals surface area contributed by atoms with E-state index in [2.05, 4.69) is 36.1 Å². The average molecular weight is 213 g/mol. The summed E-state index contributed by atoms with van der Waals surface area (Å²) in [4.78, 5) is 0. The van der Waals surface area contributed by atoms with E-state index in [1.54, 1.807) is 0 Å². The van der Waals surface area contributed by atoms with Crippen molar-refractivity contribution in [2.45, 2.75) is 45.6 Å². The molecular weight excluding hydrogens is 194 g/mol. The molecule has 1 aromatic rings. The van der Waals surface area contributed by atoms with Crippen LogP contribution >= 0.6 is 12.6 Å². The van der Waals surface area contributed by atoms with Gasteiger partial charge in [-0.3, -0.25) is 4.68 Å². The maximum atomic E-state index is 4.17. The van der Waals surface area contributed by atoms with Crippen LogP contribution in [0, 0.1) is 0 Å². The monoisotopic (exact) mass is 213 g/mol. The van der Waals surface area contributed by atoms with Gasteiger partial charge in [0, 0.05) is 12.7 Å². The third kappa shape index (κ3) is 4.13. The Bertz CT molecular complexity index is 247. The lowest BCUT2D eigenvalue weighted by molar-refractivity contribution is 0.582. The molecule has 0 aromatic carbocycles. The number of thiol groups is 1. The fourth-order valence-electron chi connectivity index (χ4n) is 1.35. The van der Waals surface area contributed by atoms with E-state index < -0.39 is 0 Å². The Balaban J connectivity index is 2.27. The van der Waals surface area contributed by atoms with Crippen LogP contribution in [-0.2, 0) is 13.0 Å². The van der Waals surface area contributed by atoms with Crippen molar-refractivity contribution in [3.05, 3.63) is 11.9 Å². The van der Waals surface area contributed by atoms with Crippen molar-refractivity contribution in [1.82, 2.24) is 15.0 Å². The van der Waals surface area contributed by atoms with Crippen LogP contribution in [0.25, 0.3) is 0 Å². The van der Waals surface area contributed by atoms with Crippen LogP contribution in [0.15, 0.2) is 6.20 Å². The highest BCUT2D eigenvalue weighted by atomic mass is 32.1. The molecule has 0 saturated heterocycles. The number of nitrogens with zero attached hydrogens (tertiary/aromatic N) is 3. The lowest BCUT2D eigenvalue weighted by Crippen LogP contribution is -1.98. The molecule has 0 spiro atoms. The smallest absolute Gasteiger partial charge is 0.0827 e. The highest BCUT2D eigenvalue weighted by molar-refractivity contribution is 7.80. The Morgan fingerprint density at radius 3 is 2.93 bits per heavy atom. The zero-order valence-corrected chi connectivity index (χ0v) is 9.71. The molecule has 0 aliphatic heterocycles. The Labute approximate surface area is 91.3 Å². The van der Waals surface area contributed by atoms with Gasteiger partial charge in [0.05, 0.1) is 5.69 Å². The van der Waals surface area contributed by atoms with Crippen LogP contribution in [-0.4, -0.2) is 20.7 Å². The summed E-state index contributed by atoms with van der Waals surface area (Å²) in [6, 6.07) is 0. The van der Waals surface area contributed by atoms with Crippen LogP contribution in [0.2, 0.25) is 0 Å². The average Bonchev–Trinajstić information content (AvgIpc) is 2.63. The standard InChI is InChI=1S/C10H19N3S/c1-2-3-4-6-10-9-13(12-11-10)7-5-8-14/h9,14H,2-8H2,1H3. The van der Waals surface area contributed by atoms with Gasteiger partial charge in [-0.25, -0.2) is 0 Å². The van der Waals surface area contributed by atoms with Crippen LogP contribution < -0.4 is 0 Å². The van der Waals surface area contributed by atoms with Crippen molar-refractivity contribution in [3.63, 3.8) is 0 Å². The summed E-state index contributed by atoms with van der Waals surface area (Å²) in [5.74, 6) is 0.908. The molecule has 1 heterocycles. The van der Waals surface area contributed by atoms with Crippen molar-refractivity contribution in [2.75, 3.05) is 5.75 Å². The molecule has 0 fully saturated rings. The van der Waals surface area contributed by atoms with Crippen molar-refractivity contribution < 1.29 is 0 Å². The van der Waals surface area contributed by atoms with Gasteiger partial charge >= 0.3 is 0 Å². The molecule has 0 aliphatic rings. The molecule has 0 N–H and O–H groups in total. The first-order valence-electron chi connectivity index (χ1n) is 5.36. The van der Waals surface area contributed by atoms with E-state index in [1.165, 1.54) is 19.3 Å². The zero-order chi connectivity index (χ0) is 10.2. The van der Waals surface area contributed by atoms with Gasteiger partial charge in [0.15, 0.2) is 0 Å². The molecule has 0 amide bonds. The fourth-order valence-corrected chi connectivity index (χ4v) is 1.49. The van der Waals surface area contributed by atoms with Gasteiger partial charge in [-0.1, -0.05) is 25.0 Å². The Morgan fingerprint density at radius 1 is 1.36 bits per heavy atom. The van der Waals surface area contributed by atoms with Crippen molar-refractivity contribution in [1.29, 1.82) is 0 Å². The van der Waals surface area contributed by atoms with E-state index in [4.69, 9.17) is 0 Å². The predicted octanol–water partition coefficient (Wildman–Crippen LogP) is 2.33. The second-order valence-electron chi connectivity index (χ2n) is 3.51. The molecule has 0 atom stereocenters. The number of hydrogen-bond donors (Lipinski definition) is 1. The van der Waals surface area contributed by atoms with E-state index in [0.29, 0.717) is 0 Å². The molecule has 0 aliphatic carbocycles. The molecule has 0 radical (unpaired) electrons. The Hall–Kier alpha value is -0.510. The summed E-state index contributed by atoms with van der Waals surface area (Å²) >= 11 is 4.17. The third-order valence-corrected chi connectivity index (χ3v) is 2.48. The normalized spacial score (nSPS) is 10.7. The first-order valence-corrected chi connectivity index (χ1v) is 6.00. The van der Waals surface area contributed by atoms with Crippen LogP contribution in [0.4, 0.5) is 0 Å². The van der Waals surface area contributed by atoms with Gasteiger partial charge in [-0.2, -0.15) is 12.6 Å². The van der Waals surface area contributed by atoms with Gasteiger partial charge < -0.3 is 0 Å². The fraction of sp³-hybridized carbons (Fsp3) is 0.800. The van der Waals surface area contributed by atoms with E-state index in [-0.39, 0.29) is 0 Å². The van der Waals surface area contributed by atoms with Gasteiger partial charge in [0.1, 0.15) is 0 Å². The minimum Gasteiger partial charge on any atom is -0.252 e. The van der Waals surface area contributed by atoms with E-state index >= 15 is 0 Å². The maximum Gasteiger partial charge on any atom is 0.0827 e. The topological polar surface area (TPSA) is 30.7 Å². The Morgan fingerprint density at radius 2 is 2.21 bits per heavy atom. The summed E-state index contributed by atoms with van der Waals surface area (Å²) < 4.78 is 1.91. The maximum absolute atomic E-state index is 4.17. The quantitative estimate of drug-likeness (QED) is 0.556. The lowest BCUT2D eigenvalue weighted by Gasteiger charge is -1.95. The van der Waals surface area contributed by atoms with Crippen molar-refractivity contribution in [2.24, 2.45) is 0 Å². The van der Waals surface area contributed by atoms with Crippen molar-refractivity contribution in [3.8, 4) is 0 Å². The number of hydrogen-bond acceptors (Lipinski definition) is 3. The molecule has 1 rings (SSSR count). The van der Waals surface area contributed by atoms with Gasteiger partial charge in [0.2, 0.25) is 0 Å². The van der Waals surface area contributed by atoms with Gasteiger partial charge in [0.25, 0.3) is 0 Å². The number of aromatic nitrogens is 3. The summed E-state index contributed by atoms with van der Waals surface area (Å²) in [6.07, 6.45) is 7.94. The minimum atomic E-state index is 0.908. The number of aryl methyl sites for hydroxylation is 2. The molecule has 14 heavy (non-hydrogen) atoms. The first kappa shape index (κ1) is 11.6. The molecule has 0 unspecified atom stereocenters. The Kier molecular flexibility index (Phi) is 5.68. The molecule has 1 aromatic heterocycles. The number of rotatable bonds is 7. The second-order valence-corrected chi connectivity index (χ2v) is 3.95. The van der Waals surface area contributed by atoms with Crippen LogP contribution in [0.1, 0.15) is 38.3 Å². The summed E-state index contributed by atoms with van der Waals surface area (Å²) in [6.45, 7) is 3.15. The van der Waals surface area contributed by atoms with Crippen molar-refractivity contribution >= 4 is 12.6 Å².